The molecule has 156 valence electrons. The quantitative estimate of drug-likeness (QED) is 0.461. The molecule has 0 unspecified atom stereocenters. The van der Waals surface area contributed by atoms with Crippen LogP contribution in [0.1, 0.15) is 41.0 Å². The first-order valence-electron chi connectivity index (χ1n) is 9.30. The number of esters is 1. The molecule has 0 saturated heterocycles. The molecule has 0 spiro atoms. The molecule has 6 nitrogen and oxygen atoms in total. The summed E-state index contributed by atoms with van der Waals surface area (Å²) in [5.74, 6) is -0.973. The number of anilines is 2. The van der Waals surface area contributed by atoms with E-state index in [0.717, 1.165) is 17.7 Å². The topological polar surface area (TPSA) is 79.7 Å². The van der Waals surface area contributed by atoms with Gasteiger partial charge in [-0.1, -0.05) is 19.1 Å². The Bertz CT molecular complexity index is 1080. The van der Waals surface area contributed by atoms with Crippen molar-refractivity contribution in [1.29, 1.82) is 0 Å². The lowest BCUT2D eigenvalue weighted by Crippen LogP contribution is -2.22. The van der Waals surface area contributed by atoms with Gasteiger partial charge in [0.2, 0.25) is 5.91 Å². The van der Waals surface area contributed by atoms with Crippen LogP contribution in [0.3, 0.4) is 0 Å². The fourth-order valence-corrected chi connectivity index (χ4v) is 4.33. The van der Waals surface area contributed by atoms with Crippen molar-refractivity contribution in [3.05, 3.63) is 68.6 Å². The van der Waals surface area contributed by atoms with E-state index in [-0.39, 0.29) is 23.8 Å². The number of nitrogens with zero attached hydrogens (tertiary/aromatic N) is 2. The van der Waals surface area contributed by atoms with Gasteiger partial charge in [0, 0.05) is 12.3 Å². The van der Waals surface area contributed by atoms with Crippen molar-refractivity contribution in [2.24, 2.45) is 0 Å². The van der Waals surface area contributed by atoms with E-state index in [1.807, 2.05) is 31.2 Å². The average molecular weight is 489 g/mol. The number of aromatic nitrogens is 1. The summed E-state index contributed by atoms with van der Waals surface area (Å²) in [6.45, 7) is 5.30. The van der Waals surface area contributed by atoms with Gasteiger partial charge in [-0.2, -0.15) is 0 Å². The molecule has 3 rings (SSSR count). The highest BCUT2D eigenvalue weighted by molar-refractivity contribution is 9.10. The van der Waals surface area contributed by atoms with Crippen LogP contribution in [0.15, 0.2) is 46.3 Å². The Morgan fingerprint density at radius 2 is 1.93 bits per heavy atom. The van der Waals surface area contributed by atoms with E-state index in [2.05, 4.69) is 27.8 Å². The number of rotatable bonds is 6. The van der Waals surface area contributed by atoms with Crippen molar-refractivity contribution in [3.63, 3.8) is 0 Å². The smallest absolute Gasteiger partial charge is 0.342 e. The highest BCUT2D eigenvalue weighted by atomic mass is 79.9. The second kappa shape index (κ2) is 9.40. The zero-order chi connectivity index (χ0) is 21.8. The largest absolute Gasteiger partial charge is 0.506 e. The summed E-state index contributed by atoms with van der Waals surface area (Å²) in [5, 5.41) is 12.3. The minimum atomic E-state index is -0.648. The van der Waals surface area contributed by atoms with E-state index < -0.39 is 5.97 Å². The molecule has 30 heavy (non-hydrogen) atoms. The number of carbonyl (C=O) groups excluding carboxylic acids is 2. The van der Waals surface area contributed by atoms with Crippen molar-refractivity contribution in [3.8, 4) is 5.75 Å². The maximum Gasteiger partial charge on any atom is 0.342 e. The number of thiazole rings is 1. The monoisotopic (exact) mass is 488 g/mol. The number of hydrogen-bond acceptors (Lipinski definition) is 6. The third kappa shape index (κ3) is 4.88. The summed E-state index contributed by atoms with van der Waals surface area (Å²) >= 11 is 4.51. The molecule has 1 heterocycles. The number of ether oxygens (including phenoxy) is 1. The highest BCUT2D eigenvalue weighted by Gasteiger charge is 2.20. The van der Waals surface area contributed by atoms with Gasteiger partial charge in [0.05, 0.1) is 15.9 Å². The summed E-state index contributed by atoms with van der Waals surface area (Å²) < 4.78 is 5.74. The van der Waals surface area contributed by atoms with Gasteiger partial charge < -0.3 is 9.84 Å². The Kier molecular flexibility index (Phi) is 6.89. The maximum absolute atomic E-state index is 12.4. The first-order chi connectivity index (χ1) is 14.3. The standard InChI is InChI=1S/C22H21BrN2O4S/c1-4-15-5-7-17(8-6-15)25(14(3)26)22-24-16(12-30-22)11-29-21(28)18-9-13(2)10-19(23)20(18)27/h5-10,12,27H,4,11H2,1-3H3. The molecule has 0 saturated carbocycles. The van der Waals surface area contributed by atoms with Gasteiger partial charge in [-0.05, 0) is 64.7 Å². The van der Waals surface area contributed by atoms with Crippen LogP contribution in [-0.4, -0.2) is 22.0 Å². The first kappa shape index (κ1) is 22.0. The minimum Gasteiger partial charge on any atom is -0.506 e. The van der Waals surface area contributed by atoms with Crippen LogP contribution in [-0.2, 0) is 22.6 Å². The first-order valence-corrected chi connectivity index (χ1v) is 11.0. The number of carbonyl (C=O) groups is 2. The normalized spacial score (nSPS) is 10.7. The van der Waals surface area contributed by atoms with Gasteiger partial charge in [-0.25, -0.2) is 9.78 Å². The molecule has 3 aromatic rings. The summed E-state index contributed by atoms with van der Waals surface area (Å²) in [4.78, 5) is 30.6. The van der Waals surface area contributed by atoms with Gasteiger partial charge >= 0.3 is 5.97 Å². The van der Waals surface area contributed by atoms with E-state index in [0.29, 0.717) is 15.3 Å². The van der Waals surface area contributed by atoms with Crippen LogP contribution in [0.4, 0.5) is 10.8 Å². The fraction of sp³-hybridized carbons (Fsp3) is 0.227. The van der Waals surface area contributed by atoms with Crippen LogP contribution in [0.5, 0.6) is 5.75 Å². The van der Waals surface area contributed by atoms with Gasteiger partial charge in [0.25, 0.3) is 0 Å². The summed E-state index contributed by atoms with van der Waals surface area (Å²) in [6, 6.07) is 11.0. The summed E-state index contributed by atoms with van der Waals surface area (Å²) in [6.07, 6.45) is 0.917. The third-order valence-electron chi connectivity index (χ3n) is 4.43. The predicted octanol–water partition coefficient (Wildman–Crippen LogP) is 5.52. The van der Waals surface area contributed by atoms with E-state index in [1.165, 1.54) is 28.7 Å². The predicted molar refractivity (Wildman–Crippen MR) is 120 cm³/mol. The number of aromatic hydroxyl groups is 1. The summed E-state index contributed by atoms with van der Waals surface area (Å²) in [5.41, 5.74) is 3.32. The zero-order valence-corrected chi connectivity index (χ0v) is 19.2. The van der Waals surface area contributed by atoms with Gasteiger partial charge in [0.1, 0.15) is 17.9 Å². The molecule has 1 amide bonds. The number of hydrogen-bond donors (Lipinski definition) is 1. The molecule has 0 aliphatic heterocycles. The number of phenolic OH excluding ortho intramolecular Hbond substituents is 1. The van der Waals surface area contributed by atoms with Crippen LogP contribution < -0.4 is 4.90 Å². The Labute approximate surface area is 187 Å². The van der Waals surface area contributed by atoms with Crippen LogP contribution >= 0.6 is 27.3 Å². The van der Waals surface area contributed by atoms with E-state index in [4.69, 9.17) is 4.74 Å². The number of halogens is 1. The lowest BCUT2D eigenvalue weighted by Gasteiger charge is -2.18. The number of phenols is 1. The van der Waals surface area contributed by atoms with Gasteiger partial charge in [-0.3, -0.25) is 9.69 Å². The Morgan fingerprint density at radius 3 is 2.57 bits per heavy atom. The van der Waals surface area contributed by atoms with Crippen LogP contribution in [0.25, 0.3) is 0 Å². The molecule has 1 aromatic heterocycles. The minimum absolute atomic E-state index is 0.0686. The maximum atomic E-state index is 12.4. The Balaban J connectivity index is 1.75. The Morgan fingerprint density at radius 1 is 1.23 bits per heavy atom. The molecule has 8 heteroatoms. The molecular weight excluding hydrogens is 468 g/mol. The molecule has 0 radical (unpaired) electrons. The van der Waals surface area contributed by atoms with Crippen molar-refractivity contribution in [2.45, 2.75) is 33.8 Å². The molecule has 0 aliphatic rings. The van der Waals surface area contributed by atoms with Crippen molar-refractivity contribution >= 4 is 50.0 Å². The van der Waals surface area contributed by atoms with Crippen molar-refractivity contribution in [1.82, 2.24) is 4.98 Å². The van der Waals surface area contributed by atoms with Gasteiger partial charge in [0.15, 0.2) is 5.13 Å². The second-order valence-electron chi connectivity index (χ2n) is 6.71. The lowest BCUT2D eigenvalue weighted by atomic mass is 10.1. The molecule has 2 aromatic carbocycles. The number of amides is 1. The van der Waals surface area contributed by atoms with Crippen molar-refractivity contribution in [2.75, 3.05) is 4.90 Å². The third-order valence-corrected chi connectivity index (χ3v) is 5.91. The van der Waals surface area contributed by atoms with Crippen molar-refractivity contribution < 1.29 is 19.4 Å². The lowest BCUT2D eigenvalue weighted by molar-refractivity contribution is -0.115. The SMILES string of the molecule is CCc1ccc(N(C(C)=O)c2nc(COC(=O)c3cc(C)cc(Br)c3O)cs2)cc1. The molecule has 0 bridgehead atoms. The fourth-order valence-electron chi connectivity index (χ4n) is 2.88. The van der Waals surface area contributed by atoms with E-state index in [1.54, 1.807) is 17.5 Å². The van der Waals surface area contributed by atoms with Crippen LogP contribution in [0.2, 0.25) is 0 Å². The number of aryl methyl sites for hydroxylation is 2. The highest BCUT2D eigenvalue weighted by Crippen LogP contribution is 2.31. The van der Waals surface area contributed by atoms with Crippen LogP contribution in [0, 0.1) is 6.92 Å². The van der Waals surface area contributed by atoms with Gasteiger partial charge in [-0.15, -0.1) is 11.3 Å². The molecule has 0 aliphatic carbocycles. The average Bonchev–Trinajstić information content (AvgIpc) is 3.17. The second-order valence-corrected chi connectivity index (χ2v) is 8.41. The van der Waals surface area contributed by atoms with E-state index in [9.17, 15) is 14.7 Å². The molecule has 0 atom stereocenters. The molecule has 0 fully saturated rings. The zero-order valence-electron chi connectivity index (χ0n) is 16.8. The van der Waals surface area contributed by atoms with E-state index >= 15 is 0 Å². The number of benzene rings is 2. The Hall–Kier alpha value is -2.71. The summed E-state index contributed by atoms with van der Waals surface area (Å²) in [7, 11) is 0. The molecule has 1 N–H and O–H groups in total. The molecular formula is C22H21BrN2O4S.